The molecule has 0 amide bonds. The van der Waals surface area contributed by atoms with Crippen molar-refractivity contribution in [2.24, 2.45) is 0 Å². The van der Waals surface area contributed by atoms with E-state index < -0.39 is 0 Å². The van der Waals surface area contributed by atoms with Gasteiger partial charge in [-0.2, -0.15) is 13.3 Å². The summed E-state index contributed by atoms with van der Waals surface area (Å²) >= 11 is 0. The van der Waals surface area contributed by atoms with Gasteiger partial charge in [0.1, 0.15) is 0 Å². The van der Waals surface area contributed by atoms with Gasteiger partial charge in [0, 0.05) is 22.4 Å². The molecule has 2 nitrogen and oxygen atoms in total. The van der Waals surface area contributed by atoms with E-state index in [-0.39, 0.29) is 22.4 Å². The second kappa shape index (κ2) is 22.5. The summed E-state index contributed by atoms with van der Waals surface area (Å²) in [5.74, 6) is 0. The first-order valence-corrected chi connectivity index (χ1v) is 3.47. The molecule has 0 unspecified atom stereocenters. The number of rotatable bonds is 4. The molecule has 0 saturated carbocycles. The Kier molecular flexibility index (Phi) is 35.2. The summed E-state index contributed by atoms with van der Waals surface area (Å²) in [4.78, 5) is 18.2. The standard InChI is InChI=1S/C6H11O.C2H3O.Ag/c1-2-3-4-5-6-7;1-2-3;/h2-5H2,1H3;1H3;/q2*-1;. The molecule has 0 aromatic rings. The smallest absolute Gasteiger partial charge is 0 e. The Hall–Kier alpha value is 0.0803. The third kappa shape index (κ3) is 39.5. The third-order valence-electron chi connectivity index (χ3n) is 0.882. The molecule has 0 aromatic heterocycles. The molecule has 0 heterocycles. The Morgan fingerprint density at radius 2 is 1.64 bits per heavy atom. The van der Waals surface area contributed by atoms with E-state index in [1.165, 1.54) is 19.6 Å². The molecule has 0 fully saturated rings. The third-order valence-corrected chi connectivity index (χ3v) is 0.882. The van der Waals surface area contributed by atoms with Gasteiger partial charge in [0.15, 0.2) is 0 Å². The molecule has 3 heteroatoms. The van der Waals surface area contributed by atoms with Crippen molar-refractivity contribution in [3.05, 3.63) is 0 Å². The van der Waals surface area contributed by atoms with Crippen LogP contribution in [-0.2, 0) is 32.0 Å². The normalized spacial score (nSPS) is 6.73. The second-order valence-corrected chi connectivity index (χ2v) is 1.81. The summed E-state index contributed by atoms with van der Waals surface area (Å²) in [6, 6.07) is 0. The quantitative estimate of drug-likeness (QED) is 0.433. The van der Waals surface area contributed by atoms with Gasteiger partial charge in [-0.15, -0.1) is 0 Å². The molecule has 0 aliphatic carbocycles. The SMILES string of the molecule is CCCCC[C-]=O.C[C-]=O.[Ag]. The van der Waals surface area contributed by atoms with Crippen molar-refractivity contribution in [3.8, 4) is 0 Å². The van der Waals surface area contributed by atoms with Crippen LogP contribution in [0.3, 0.4) is 0 Å². The van der Waals surface area contributed by atoms with E-state index in [2.05, 4.69) is 6.92 Å². The summed E-state index contributed by atoms with van der Waals surface area (Å²) in [6.45, 7) is 3.44. The maximum Gasteiger partial charge on any atom is 0 e. The molecule has 0 bridgehead atoms. The largest absolute Gasteiger partial charge is 0.542 e. The van der Waals surface area contributed by atoms with E-state index in [1.807, 2.05) is 6.29 Å². The number of carbonyl (C=O) groups excluding carboxylic acids is 2. The molecule has 0 aliphatic heterocycles. The van der Waals surface area contributed by atoms with Gasteiger partial charge in [0.2, 0.25) is 0 Å². The minimum atomic E-state index is 0. The molecule has 0 atom stereocenters. The molecule has 0 rings (SSSR count). The van der Waals surface area contributed by atoms with E-state index in [4.69, 9.17) is 4.79 Å². The summed E-state index contributed by atoms with van der Waals surface area (Å²) in [5, 5.41) is 0. The molecular weight excluding hydrogens is 236 g/mol. The first kappa shape index (κ1) is 17.2. The van der Waals surface area contributed by atoms with Crippen LogP contribution in [0, 0.1) is 0 Å². The van der Waals surface area contributed by atoms with Crippen LogP contribution in [0.15, 0.2) is 0 Å². The fourth-order valence-corrected chi connectivity index (χ4v) is 0.447. The van der Waals surface area contributed by atoms with Gasteiger partial charge in [0.05, 0.1) is 0 Å². The Morgan fingerprint density at radius 3 is 1.91 bits per heavy atom. The van der Waals surface area contributed by atoms with Gasteiger partial charge in [0.25, 0.3) is 0 Å². The maximum atomic E-state index is 9.55. The van der Waals surface area contributed by atoms with Crippen molar-refractivity contribution in [2.45, 2.75) is 39.5 Å². The average Bonchev–Trinajstić information content (AvgIpc) is 1.91. The second-order valence-electron chi connectivity index (χ2n) is 1.81. The monoisotopic (exact) mass is 249 g/mol. The van der Waals surface area contributed by atoms with Crippen molar-refractivity contribution in [1.82, 2.24) is 0 Å². The predicted molar refractivity (Wildman–Crippen MR) is 41.2 cm³/mol. The van der Waals surface area contributed by atoms with Crippen LogP contribution < -0.4 is 0 Å². The van der Waals surface area contributed by atoms with Crippen molar-refractivity contribution in [1.29, 1.82) is 0 Å². The Balaban J connectivity index is -0.000000140. The first-order chi connectivity index (χ1) is 4.83. The zero-order valence-corrected chi connectivity index (χ0v) is 8.43. The van der Waals surface area contributed by atoms with E-state index in [0.29, 0.717) is 6.42 Å². The molecule has 0 N–H and O–H groups in total. The Morgan fingerprint density at radius 1 is 1.18 bits per heavy atom. The minimum absolute atomic E-state index is 0. The van der Waals surface area contributed by atoms with Crippen molar-refractivity contribution >= 4 is 12.6 Å². The van der Waals surface area contributed by atoms with Crippen LogP contribution in [0.1, 0.15) is 39.5 Å². The average molecular weight is 250 g/mol. The van der Waals surface area contributed by atoms with Crippen LogP contribution in [0.2, 0.25) is 0 Å². The fraction of sp³-hybridized carbons (Fsp3) is 0.750. The first-order valence-electron chi connectivity index (χ1n) is 3.47. The minimum Gasteiger partial charge on any atom is -0.542 e. The molecule has 0 spiro atoms. The van der Waals surface area contributed by atoms with Gasteiger partial charge < -0.3 is 9.59 Å². The van der Waals surface area contributed by atoms with Crippen molar-refractivity contribution in [3.63, 3.8) is 0 Å². The Labute approximate surface area is 84.3 Å². The van der Waals surface area contributed by atoms with Crippen LogP contribution in [0.25, 0.3) is 0 Å². The molecule has 0 aliphatic rings. The van der Waals surface area contributed by atoms with Crippen molar-refractivity contribution in [2.75, 3.05) is 0 Å². The van der Waals surface area contributed by atoms with Crippen LogP contribution in [0.4, 0.5) is 0 Å². The topological polar surface area (TPSA) is 34.1 Å². The van der Waals surface area contributed by atoms with Crippen LogP contribution in [-0.4, -0.2) is 12.6 Å². The zero-order chi connectivity index (χ0) is 8.24. The summed E-state index contributed by atoms with van der Waals surface area (Å²) in [7, 11) is 0. The number of hydrogen-bond donors (Lipinski definition) is 0. The molecule has 0 saturated heterocycles. The van der Waals surface area contributed by atoms with Gasteiger partial charge in [-0.3, -0.25) is 12.6 Å². The molecule has 11 heavy (non-hydrogen) atoms. The Bertz CT molecular complexity index is 74.5. The van der Waals surface area contributed by atoms with Gasteiger partial charge >= 0.3 is 0 Å². The van der Waals surface area contributed by atoms with E-state index in [0.717, 1.165) is 12.8 Å². The number of unbranched alkanes of at least 4 members (excludes halogenated alkanes) is 3. The summed E-state index contributed by atoms with van der Waals surface area (Å²) in [5.41, 5.74) is 0. The van der Waals surface area contributed by atoms with E-state index >= 15 is 0 Å². The summed E-state index contributed by atoms with van der Waals surface area (Å²) in [6.07, 6.45) is 7.33. The van der Waals surface area contributed by atoms with Crippen LogP contribution >= 0.6 is 0 Å². The number of hydrogen-bond acceptors (Lipinski definition) is 2. The van der Waals surface area contributed by atoms with E-state index in [1.54, 1.807) is 0 Å². The van der Waals surface area contributed by atoms with Gasteiger partial charge in [-0.05, 0) is 0 Å². The van der Waals surface area contributed by atoms with Crippen LogP contribution in [0.5, 0.6) is 0 Å². The van der Waals surface area contributed by atoms with Crippen molar-refractivity contribution < 1.29 is 32.0 Å². The molecule has 1 radical (unpaired) electrons. The molecule has 0 aromatic carbocycles. The fourth-order valence-electron chi connectivity index (χ4n) is 0.447. The summed E-state index contributed by atoms with van der Waals surface area (Å²) < 4.78 is 0. The predicted octanol–water partition coefficient (Wildman–Crippen LogP) is 1.79. The van der Waals surface area contributed by atoms with Gasteiger partial charge in [-0.1, -0.05) is 26.2 Å². The van der Waals surface area contributed by atoms with Gasteiger partial charge in [-0.25, -0.2) is 0 Å². The zero-order valence-electron chi connectivity index (χ0n) is 6.95. The van der Waals surface area contributed by atoms with E-state index in [9.17, 15) is 4.79 Å². The molecular formula is C8H14AgO2-2. The molecule has 71 valence electrons. The maximum absolute atomic E-state index is 9.55.